The highest BCUT2D eigenvalue weighted by Gasteiger charge is 2.11. The molecule has 1 unspecified atom stereocenters. The van der Waals surface area contributed by atoms with E-state index in [0.29, 0.717) is 0 Å². The van der Waals surface area contributed by atoms with E-state index in [1.165, 1.54) is 4.88 Å². The molecular formula is C12H14BrNOS. The molecule has 0 saturated heterocycles. The first-order valence-electron chi connectivity index (χ1n) is 5.26. The van der Waals surface area contributed by atoms with Gasteiger partial charge in [0, 0.05) is 11.4 Å². The van der Waals surface area contributed by atoms with Gasteiger partial charge in [-0.2, -0.15) is 0 Å². The molecule has 0 aromatic carbocycles. The van der Waals surface area contributed by atoms with Crippen LogP contribution in [-0.2, 0) is 6.42 Å². The molecule has 4 heteroatoms. The van der Waals surface area contributed by atoms with Gasteiger partial charge in [-0.3, -0.25) is 0 Å². The van der Waals surface area contributed by atoms with Crippen LogP contribution in [0.2, 0.25) is 0 Å². The molecule has 2 nitrogen and oxygen atoms in total. The van der Waals surface area contributed by atoms with Crippen LogP contribution in [0, 0.1) is 0 Å². The summed E-state index contributed by atoms with van der Waals surface area (Å²) in [4.78, 5) is 1.42. The van der Waals surface area contributed by atoms with Crippen molar-refractivity contribution in [3.8, 4) is 0 Å². The van der Waals surface area contributed by atoms with Crippen LogP contribution < -0.4 is 5.32 Å². The minimum atomic E-state index is 0.240. The van der Waals surface area contributed by atoms with Crippen molar-refractivity contribution in [1.29, 1.82) is 0 Å². The van der Waals surface area contributed by atoms with Crippen molar-refractivity contribution in [3.05, 3.63) is 45.0 Å². The molecule has 0 spiro atoms. The Labute approximate surface area is 108 Å². The third-order valence-electron chi connectivity index (χ3n) is 2.44. The zero-order chi connectivity index (χ0) is 11.4. The second-order valence-corrected chi connectivity index (χ2v) is 5.52. The van der Waals surface area contributed by atoms with Crippen molar-refractivity contribution >= 4 is 27.3 Å². The summed E-state index contributed by atoms with van der Waals surface area (Å²) in [5.41, 5.74) is 0. The molecule has 1 N–H and O–H groups in total. The molecule has 0 saturated carbocycles. The Hall–Kier alpha value is -0.580. The predicted octanol–water partition coefficient (Wildman–Crippen LogP) is 4.00. The van der Waals surface area contributed by atoms with Gasteiger partial charge in [0.15, 0.2) is 0 Å². The monoisotopic (exact) mass is 299 g/mol. The van der Waals surface area contributed by atoms with Crippen molar-refractivity contribution in [1.82, 2.24) is 5.32 Å². The summed E-state index contributed by atoms with van der Waals surface area (Å²) in [6.07, 6.45) is 2.78. The number of rotatable bonds is 5. The van der Waals surface area contributed by atoms with E-state index in [2.05, 4.69) is 45.7 Å². The quantitative estimate of drug-likeness (QED) is 0.903. The Morgan fingerprint density at radius 1 is 1.50 bits per heavy atom. The van der Waals surface area contributed by atoms with Crippen molar-refractivity contribution in [2.75, 3.05) is 6.54 Å². The number of thiophene rings is 1. The van der Waals surface area contributed by atoms with Crippen LogP contribution in [0.1, 0.15) is 23.6 Å². The largest absolute Gasteiger partial charge is 0.466 e. The molecule has 2 heterocycles. The van der Waals surface area contributed by atoms with Gasteiger partial charge in [-0.25, -0.2) is 0 Å². The summed E-state index contributed by atoms with van der Waals surface area (Å²) < 4.78 is 6.44. The molecule has 1 atom stereocenters. The van der Waals surface area contributed by atoms with Crippen LogP contribution in [0.5, 0.6) is 0 Å². The van der Waals surface area contributed by atoms with Crippen LogP contribution in [0.3, 0.4) is 0 Å². The number of hydrogen-bond acceptors (Lipinski definition) is 3. The smallest absolute Gasteiger partial charge is 0.134 e. The average Bonchev–Trinajstić information content (AvgIpc) is 2.88. The van der Waals surface area contributed by atoms with Gasteiger partial charge in [0.05, 0.1) is 16.8 Å². The van der Waals surface area contributed by atoms with E-state index in [1.807, 2.05) is 6.07 Å². The Bertz CT molecular complexity index is 424. The standard InChI is InChI=1S/C12H14BrNOS/c1-9(12-11(13)5-7-15-12)14-6-4-10-3-2-8-16-10/h2-3,5,7-9,14H,4,6H2,1H3. The third-order valence-corrected chi connectivity index (χ3v) is 4.03. The first-order valence-corrected chi connectivity index (χ1v) is 6.93. The van der Waals surface area contributed by atoms with Gasteiger partial charge < -0.3 is 9.73 Å². The predicted molar refractivity (Wildman–Crippen MR) is 70.8 cm³/mol. The lowest BCUT2D eigenvalue weighted by Crippen LogP contribution is -2.20. The molecule has 2 aromatic heterocycles. The molecule has 0 radical (unpaired) electrons. The normalized spacial score (nSPS) is 12.9. The molecule has 2 rings (SSSR count). The van der Waals surface area contributed by atoms with E-state index < -0.39 is 0 Å². The molecule has 0 aliphatic rings. The van der Waals surface area contributed by atoms with E-state index >= 15 is 0 Å². The number of furan rings is 1. The Morgan fingerprint density at radius 2 is 2.38 bits per heavy atom. The maximum Gasteiger partial charge on any atom is 0.134 e. The lowest BCUT2D eigenvalue weighted by Gasteiger charge is -2.11. The Balaban J connectivity index is 1.80. The summed E-state index contributed by atoms with van der Waals surface area (Å²) in [5, 5.41) is 5.56. The molecule has 0 aliphatic carbocycles. The van der Waals surface area contributed by atoms with Crippen LogP contribution in [0.25, 0.3) is 0 Å². The summed E-state index contributed by atoms with van der Waals surface area (Å²) in [6, 6.07) is 6.42. The van der Waals surface area contributed by atoms with Gasteiger partial charge in [-0.1, -0.05) is 6.07 Å². The summed E-state index contributed by atoms with van der Waals surface area (Å²) in [5.74, 6) is 0.964. The highest BCUT2D eigenvalue weighted by Crippen LogP contribution is 2.24. The van der Waals surface area contributed by atoms with Crippen molar-refractivity contribution in [2.45, 2.75) is 19.4 Å². The number of nitrogens with one attached hydrogen (secondary N) is 1. The molecule has 2 aromatic rings. The molecule has 0 bridgehead atoms. The van der Waals surface area contributed by atoms with Crippen LogP contribution >= 0.6 is 27.3 Å². The van der Waals surface area contributed by atoms with Gasteiger partial charge in [0.2, 0.25) is 0 Å². The van der Waals surface area contributed by atoms with Crippen molar-refractivity contribution in [3.63, 3.8) is 0 Å². The zero-order valence-corrected chi connectivity index (χ0v) is 11.5. The van der Waals surface area contributed by atoms with Crippen molar-refractivity contribution < 1.29 is 4.42 Å². The molecule has 0 fully saturated rings. The van der Waals surface area contributed by atoms with E-state index in [4.69, 9.17) is 4.42 Å². The van der Waals surface area contributed by atoms with Gasteiger partial charge in [-0.05, 0) is 46.8 Å². The van der Waals surface area contributed by atoms with Crippen LogP contribution in [-0.4, -0.2) is 6.54 Å². The summed E-state index contributed by atoms with van der Waals surface area (Å²) >= 11 is 5.27. The van der Waals surface area contributed by atoms with Gasteiger partial charge in [-0.15, -0.1) is 11.3 Å². The maximum atomic E-state index is 5.41. The highest BCUT2D eigenvalue weighted by atomic mass is 79.9. The Kier molecular flexibility index (Phi) is 4.21. The second kappa shape index (κ2) is 5.66. The van der Waals surface area contributed by atoms with E-state index in [9.17, 15) is 0 Å². The lowest BCUT2D eigenvalue weighted by molar-refractivity contribution is 0.430. The molecule has 0 aliphatic heterocycles. The minimum absolute atomic E-state index is 0.240. The highest BCUT2D eigenvalue weighted by molar-refractivity contribution is 9.10. The molecule has 0 amide bonds. The minimum Gasteiger partial charge on any atom is -0.466 e. The first kappa shape index (κ1) is 11.9. The summed E-state index contributed by atoms with van der Waals surface area (Å²) in [6.45, 7) is 3.08. The number of hydrogen-bond donors (Lipinski definition) is 1. The topological polar surface area (TPSA) is 25.2 Å². The lowest BCUT2D eigenvalue weighted by atomic mass is 10.2. The fraction of sp³-hybridized carbons (Fsp3) is 0.333. The van der Waals surface area contributed by atoms with Crippen LogP contribution in [0.15, 0.2) is 38.7 Å². The van der Waals surface area contributed by atoms with Crippen LogP contribution in [0.4, 0.5) is 0 Å². The van der Waals surface area contributed by atoms with Gasteiger partial charge >= 0.3 is 0 Å². The zero-order valence-electron chi connectivity index (χ0n) is 9.07. The van der Waals surface area contributed by atoms with E-state index in [1.54, 1.807) is 17.6 Å². The number of halogens is 1. The van der Waals surface area contributed by atoms with Gasteiger partial charge in [0.1, 0.15) is 5.76 Å². The van der Waals surface area contributed by atoms with E-state index in [-0.39, 0.29) is 6.04 Å². The summed E-state index contributed by atoms with van der Waals surface area (Å²) in [7, 11) is 0. The first-order chi connectivity index (χ1) is 7.77. The average molecular weight is 300 g/mol. The molecule has 86 valence electrons. The van der Waals surface area contributed by atoms with E-state index in [0.717, 1.165) is 23.2 Å². The van der Waals surface area contributed by atoms with Gasteiger partial charge in [0.25, 0.3) is 0 Å². The second-order valence-electron chi connectivity index (χ2n) is 3.64. The molecule has 16 heavy (non-hydrogen) atoms. The maximum absolute atomic E-state index is 5.41. The third kappa shape index (κ3) is 2.97. The fourth-order valence-electron chi connectivity index (χ4n) is 1.57. The SMILES string of the molecule is CC(NCCc1cccs1)c1occc1Br. The van der Waals surface area contributed by atoms with Crippen molar-refractivity contribution in [2.24, 2.45) is 0 Å². The fourth-order valence-corrected chi connectivity index (χ4v) is 2.83. The molecular weight excluding hydrogens is 286 g/mol. The Morgan fingerprint density at radius 3 is 3.00 bits per heavy atom.